The molecule has 2 amide bonds. The van der Waals surface area contributed by atoms with E-state index in [1.807, 2.05) is 0 Å². The number of carbonyl (C=O) groups excluding carboxylic acids is 2. The Morgan fingerprint density at radius 1 is 0.458 bits per heavy atom. The van der Waals surface area contributed by atoms with Crippen LogP contribution in [0.25, 0.3) is 0 Å². The van der Waals surface area contributed by atoms with Crippen molar-refractivity contribution in [3.8, 4) is 0 Å². The minimum Gasteiger partial charge on any atom is -0.448 e. The van der Waals surface area contributed by atoms with Crippen LogP contribution in [0.3, 0.4) is 0 Å². The van der Waals surface area contributed by atoms with Crippen molar-refractivity contribution in [3.63, 3.8) is 0 Å². The summed E-state index contributed by atoms with van der Waals surface area (Å²) in [4.78, 5) is 24.0. The topological polar surface area (TPSA) is 247 Å². The van der Waals surface area contributed by atoms with Crippen LogP contribution >= 0.6 is 0 Å². The van der Waals surface area contributed by atoms with E-state index in [9.17, 15) is 105 Å². The first-order valence-corrected chi connectivity index (χ1v) is 26.0. The summed E-state index contributed by atoms with van der Waals surface area (Å²) in [5, 5.41) is 7.26. The first kappa shape index (κ1) is 71.3. The molecule has 0 saturated carbocycles. The SMILES string of the molecule is CO[Si](CCCNC(=O)OCCN(CCOC(=O)NCCC[Si](OC)(OC)OC)S(=O)(=O)C(F)(F)C(F)(F)C(F)(F)C(F)(F)F)(OC)OC.O=S(=O)(N(CCO)CCO)C(F)(F)C(F)(F)C(F)(F)C(F)(F)F. The van der Waals surface area contributed by atoms with Crippen LogP contribution in [0, 0.1) is 0 Å². The maximum atomic E-state index is 14.6. The van der Waals surface area contributed by atoms with Crippen LogP contribution in [-0.4, -0.2) is 220 Å². The van der Waals surface area contributed by atoms with E-state index in [0.29, 0.717) is 0 Å². The van der Waals surface area contributed by atoms with Crippen molar-refractivity contribution >= 4 is 49.8 Å². The molecule has 0 aromatic carbocycles. The second-order valence-electron chi connectivity index (χ2n) is 13.5. The largest absolute Gasteiger partial charge is 0.500 e. The lowest BCUT2D eigenvalue weighted by atomic mass is 10.1. The quantitative estimate of drug-likeness (QED) is 0.0422. The first-order chi connectivity index (χ1) is 32.5. The van der Waals surface area contributed by atoms with E-state index in [-0.39, 0.29) is 38.0 Å². The van der Waals surface area contributed by atoms with Gasteiger partial charge in [0.15, 0.2) is 0 Å². The number of sulfonamides is 2. The monoisotopic (exact) mass is 1180 g/mol. The Bertz CT molecular complexity index is 1820. The van der Waals surface area contributed by atoms with Gasteiger partial charge in [0.25, 0.3) is 20.0 Å². The standard InChI is InChI=1S/C22H40F9N3O12SSi2.C8H10F9NO4S/c1-39-48(40-2,41-3)15-7-9-32-17(35)45-13-11-34(12-14-46-18(36)33-10-8-16-49(42-4,43-5)44-6)47(37,38)22(30,31)20(25,26)19(23,24)21(27,28)29;9-5(10,7(13,14)15)6(11,12)8(16,17)23(21,22)18(1-3-19)2-4-20/h7-16H2,1-6H3,(H,32,35)(H,33,36);19-20H,1-4H2. The molecule has 0 bridgehead atoms. The van der Waals surface area contributed by atoms with Crippen LogP contribution in [0.1, 0.15) is 12.8 Å². The molecule has 0 atom stereocenters. The Morgan fingerprint density at radius 2 is 0.708 bits per heavy atom. The zero-order valence-corrected chi connectivity index (χ0v) is 41.7. The average Bonchev–Trinajstić information content (AvgIpc) is 3.28. The fraction of sp³-hybridized carbons (Fsp3) is 0.933. The molecule has 0 aromatic rings. The first-order valence-electron chi connectivity index (χ1n) is 19.2. The number of aliphatic hydroxyl groups excluding tert-OH is 2. The van der Waals surface area contributed by atoms with E-state index in [4.69, 9.17) is 36.8 Å². The van der Waals surface area contributed by atoms with Gasteiger partial charge in [0.1, 0.15) is 13.2 Å². The van der Waals surface area contributed by atoms with Gasteiger partial charge in [-0.15, -0.1) is 0 Å². The summed E-state index contributed by atoms with van der Waals surface area (Å²) in [6, 6.07) is 0.385. The molecule has 72 heavy (non-hydrogen) atoms. The molecule has 0 saturated heterocycles. The lowest BCUT2D eigenvalue weighted by Gasteiger charge is -2.35. The zero-order chi connectivity index (χ0) is 57.3. The molecular formula is C30H50F18N4O16S2Si2. The molecule has 42 heteroatoms. The Kier molecular flexibility index (Phi) is 27.6. The number of alkyl halides is 18. The second kappa shape index (κ2) is 27.8. The minimum absolute atomic E-state index is 0.128. The molecule has 0 heterocycles. The fourth-order valence-corrected chi connectivity index (χ4v) is 11.3. The minimum atomic E-state index is -7.53. The molecule has 0 rings (SSSR count). The van der Waals surface area contributed by atoms with Crippen molar-refractivity contribution < 1.29 is 152 Å². The highest BCUT2D eigenvalue weighted by atomic mass is 32.2. The Hall–Kier alpha value is -2.79. The summed E-state index contributed by atoms with van der Waals surface area (Å²) in [6.45, 7) is -10.8. The summed E-state index contributed by atoms with van der Waals surface area (Å²) >= 11 is 0. The number of carbonyl (C=O) groups is 2. The number of ether oxygens (including phenoxy) is 2. The van der Waals surface area contributed by atoms with Crippen LogP contribution in [0.2, 0.25) is 12.1 Å². The van der Waals surface area contributed by atoms with Gasteiger partial charge in [0, 0.05) is 94.0 Å². The molecule has 0 fully saturated rings. The lowest BCUT2D eigenvalue weighted by molar-refractivity contribution is -0.382. The molecule has 0 spiro atoms. The number of hydrogen-bond acceptors (Lipinski definition) is 16. The van der Waals surface area contributed by atoms with Crippen LogP contribution in [0.5, 0.6) is 0 Å². The number of amides is 2. The summed E-state index contributed by atoms with van der Waals surface area (Å²) in [5.41, 5.74) is 0. The Morgan fingerprint density at radius 3 is 0.931 bits per heavy atom. The van der Waals surface area contributed by atoms with E-state index in [2.05, 4.69) is 20.1 Å². The second-order valence-corrected chi connectivity index (χ2v) is 23.6. The summed E-state index contributed by atoms with van der Waals surface area (Å²) in [5.74, 6) is -29.7. The fourth-order valence-electron chi connectivity index (χ4n) is 4.98. The number of alkyl carbamates (subject to hydrolysis) is 2. The maximum Gasteiger partial charge on any atom is 0.500 e. The van der Waals surface area contributed by atoms with Crippen LogP contribution in [0.4, 0.5) is 88.6 Å². The molecule has 0 aliphatic rings. The van der Waals surface area contributed by atoms with E-state index in [0.717, 1.165) is 0 Å². The molecular weight excluding hydrogens is 1130 g/mol. The number of rotatable bonds is 32. The van der Waals surface area contributed by atoms with Crippen molar-refractivity contribution in [3.05, 3.63) is 0 Å². The van der Waals surface area contributed by atoms with E-state index >= 15 is 0 Å². The van der Waals surface area contributed by atoms with Crippen molar-refractivity contribution in [1.82, 2.24) is 19.2 Å². The molecule has 432 valence electrons. The number of nitrogens with zero attached hydrogens (tertiary/aromatic N) is 2. The van der Waals surface area contributed by atoms with Gasteiger partial charge in [-0.05, 0) is 12.8 Å². The molecule has 0 aliphatic heterocycles. The van der Waals surface area contributed by atoms with Gasteiger partial charge >= 0.3 is 76.3 Å². The Balaban J connectivity index is 0. The van der Waals surface area contributed by atoms with Gasteiger partial charge in [-0.3, -0.25) is 0 Å². The highest BCUT2D eigenvalue weighted by Crippen LogP contribution is 2.56. The number of halogens is 18. The summed E-state index contributed by atoms with van der Waals surface area (Å²) < 4.78 is 322. The Labute approximate surface area is 400 Å². The van der Waals surface area contributed by atoms with Gasteiger partial charge in [0.2, 0.25) is 0 Å². The van der Waals surface area contributed by atoms with E-state index < -0.39 is 158 Å². The van der Waals surface area contributed by atoms with Crippen LogP contribution in [-0.2, 0) is 56.1 Å². The third kappa shape index (κ3) is 16.6. The molecule has 0 aliphatic carbocycles. The predicted octanol–water partition coefficient (Wildman–Crippen LogP) is 4.06. The predicted molar refractivity (Wildman–Crippen MR) is 208 cm³/mol. The molecule has 4 N–H and O–H groups in total. The molecule has 20 nitrogen and oxygen atoms in total. The summed E-state index contributed by atoms with van der Waals surface area (Å²) in [6.07, 6.45) is -16.7. The normalized spacial score (nSPS) is 14.3. The van der Waals surface area contributed by atoms with Crippen molar-refractivity contribution in [1.29, 1.82) is 0 Å². The highest BCUT2D eigenvalue weighted by molar-refractivity contribution is 7.90. The lowest BCUT2D eigenvalue weighted by Crippen LogP contribution is -2.65. The smallest absolute Gasteiger partial charge is 0.448 e. The number of hydrogen-bond donors (Lipinski definition) is 4. The molecule has 0 radical (unpaired) electrons. The van der Waals surface area contributed by atoms with Gasteiger partial charge < -0.3 is 56.9 Å². The third-order valence-corrected chi connectivity index (χ3v) is 18.7. The average molecular weight is 1190 g/mol. The van der Waals surface area contributed by atoms with Gasteiger partial charge in [0.05, 0.1) is 13.2 Å². The number of nitrogens with one attached hydrogen (secondary N) is 2. The van der Waals surface area contributed by atoms with E-state index in [1.165, 1.54) is 42.7 Å². The molecule has 0 aromatic heterocycles. The summed E-state index contributed by atoms with van der Waals surface area (Å²) in [7, 11) is -12.0. The van der Waals surface area contributed by atoms with Crippen molar-refractivity contribution in [2.24, 2.45) is 0 Å². The third-order valence-electron chi connectivity index (χ3n) is 9.13. The van der Waals surface area contributed by atoms with Crippen LogP contribution < -0.4 is 10.6 Å². The number of aliphatic hydroxyl groups is 2. The zero-order valence-electron chi connectivity index (χ0n) is 38.0. The van der Waals surface area contributed by atoms with Gasteiger partial charge in [-0.2, -0.15) is 87.6 Å². The van der Waals surface area contributed by atoms with Gasteiger partial charge in [-0.25, -0.2) is 26.4 Å². The van der Waals surface area contributed by atoms with Crippen molar-refractivity contribution in [2.45, 2.75) is 71.5 Å². The highest BCUT2D eigenvalue weighted by Gasteiger charge is 2.87. The van der Waals surface area contributed by atoms with E-state index in [1.54, 1.807) is 0 Å². The van der Waals surface area contributed by atoms with Gasteiger partial charge in [-0.1, -0.05) is 0 Å². The van der Waals surface area contributed by atoms with Crippen molar-refractivity contribution in [2.75, 3.05) is 108 Å². The van der Waals surface area contributed by atoms with Crippen LogP contribution in [0.15, 0.2) is 0 Å². The molecule has 0 unspecified atom stereocenters. The maximum absolute atomic E-state index is 14.6.